The molecule has 0 radical (unpaired) electrons. The van der Waals surface area contributed by atoms with Crippen molar-refractivity contribution < 1.29 is 4.74 Å². The normalized spacial score (nSPS) is 14.3. The van der Waals surface area contributed by atoms with Crippen LogP contribution in [0.1, 0.15) is 0 Å². The second-order valence-corrected chi connectivity index (χ2v) is 7.33. The Labute approximate surface area is 173 Å². The first-order chi connectivity index (χ1) is 14.3. The molecular weight excluding hydrogens is 386 g/mol. The number of morpholine rings is 1. The first-order valence-electron chi connectivity index (χ1n) is 9.56. The Balaban J connectivity index is 1.42. The molecule has 4 aromatic rings. The van der Waals surface area contributed by atoms with Crippen LogP contribution < -0.4 is 10.2 Å². The van der Waals surface area contributed by atoms with Gasteiger partial charge < -0.3 is 15.0 Å². The van der Waals surface area contributed by atoms with E-state index in [1.165, 1.54) is 5.69 Å². The molecule has 2 aromatic heterocycles. The van der Waals surface area contributed by atoms with Gasteiger partial charge in [0.1, 0.15) is 0 Å². The zero-order valence-corrected chi connectivity index (χ0v) is 16.5. The first-order valence-corrected chi connectivity index (χ1v) is 9.93. The molecule has 1 N–H and O–H groups in total. The summed E-state index contributed by atoms with van der Waals surface area (Å²) in [6.45, 7) is 3.41. The van der Waals surface area contributed by atoms with Crippen molar-refractivity contribution in [2.75, 3.05) is 36.5 Å². The largest absolute Gasteiger partial charge is 0.378 e. The molecule has 5 rings (SSSR count). The number of benzene rings is 2. The molecule has 0 spiro atoms. The Hall–Kier alpha value is -3.09. The Bertz CT molecular complexity index is 1120. The van der Waals surface area contributed by atoms with E-state index in [0.29, 0.717) is 10.8 Å². The molecule has 0 aliphatic carbocycles. The quantitative estimate of drug-likeness (QED) is 0.536. The highest BCUT2D eigenvalue weighted by Gasteiger charge is 2.13. The van der Waals surface area contributed by atoms with Crippen LogP contribution in [0, 0.1) is 0 Å². The summed E-state index contributed by atoms with van der Waals surface area (Å²) in [4.78, 5) is 11.5. The maximum absolute atomic E-state index is 6.02. The van der Waals surface area contributed by atoms with E-state index < -0.39 is 0 Å². The molecule has 0 unspecified atom stereocenters. The monoisotopic (exact) mass is 405 g/mol. The fourth-order valence-corrected chi connectivity index (χ4v) is 3.68. The Morgan fingerprint density at radius 3 is 2.45 bits per heavy atom. The van der Waals surface area contributed by atoms with Crippen LogP contribution in [-0.2, 0) is 4.74 Å². The number of hydrogen-bond donors (Lipinski definition) is 1. The molecule has 29 heavy (non-hydrogen) atoms. The first kappa shape index (κ1) is 18.0. The van der Waals surface area contributed by atoms with E-state index in [2.05, 4.69) is 44.5 Å². The van der Waals surface area contributed by atoms with Crippen molar-refractivity contribution >= 4 is 34.4 Å². The van der Waals surface area contributed by atoms with Crippen LogP contribution in [0.2, 0.25) is 5.02 Å². The number of nitrogens with zero attached hydrogens (tertiary/aromatic N) is 4. The van der Waals surface area contributed by atoms with Gasteiger partial charge in [0, 0.05) is 47.4 Å². The number of anilines is 3. The lowest BCUT2D eigenvalue weighted by Gasteiger charge is -2.28. The fraction of sp³-hybridized carbons (Fsp3) is 0.182. The summed E-state index contributed by atoms with van der Waals surface area (Å²) in [6.07, 6.45) is 5.57. The number of imidazole rings is 1. The molecular formula is C22H20ClN5O. The average molecular weight is 406 g/mol. The zero-order chi connectivity index (χ0) is 19.6. The third-order valence-electron chi connectivity index (χ3n) is 5.07. The standard InChI is InChI=1S/C22H20ClN5O/c23-17-3-1-16(2-4-17)20-15-25-21(22-24-9-10-28(20)22)26-18-5-7-19(8-6-18)27-11-13-29-14-12-27/h1-10,15H,11-14H2,(H,25,26). The number of rotatable bonds is 4. The smallest absolute Gasteiger partial charge is 0.180 e. The van der Waals surface area contributed by atoms with E-state index >= 15 is 0 Å². The molecule has 3 heterocycles. The van der Waals surface area contributed by atoms with Crippen molar-refractivity contribution in [3.05, 3.63) is 72.1 Å². The van der Waals surface area contributed by atoms with Crippen molar-refractivity contribution in [1.82, 2.24) is 14.4 Å². The fourth-order valence-electron chi connectivity index (χ4n) is 3.55. The molecule has 0 bridgehead atoms. The molecule has 0 amide bonds. The lowest BCUT2D eigenvalue weighted by molar-refractivity contribution is 0.122. The minimum absolute atomic E-state index is 0.711. The topological polar surface area (TPSA) is 54.7 Å². The third-order valence-corrected chi connectivity index (χ3v) is 5.33. The number of aromatic nitrogens is 3. The van der Waals surface area contributed by atoms with Gasteiger partial charge in [-0.3, -0.25) is 4.40 Å². The van der Waals surface area contributed by atoms with Crippen molar-refractivity contribution in [3.63, 3.8) is 0 Å². The van der Waals surface area contributed by atoms with Crippen molar-refractivity contribution in [2.45, 2.75) is 0 Å². The van der Waals surface area contributed by atoms with Crippen LogP contribution in [0.3, 0.4) is 0 Å². The lowest BCUT2D eigenvalue weighted by Crippen LogP contribution is -2.36. The van der Waals surface area contributed by atoms with Crippen molar-refractivity contribution in [2.24, 2.45) is 0 Å². The average Bonchev–Trinajstić information content (AvgIpc) is 3.26. The number of fused-ring (bicyclic) bond motifs is 1. The predicted molar refractivity (Wildman–Crippen MR) is 116 cm³/mol. The number of nitrogens with one attached hydrogen (secondary N) is 1. The van der Waals surface area contributed by atoms with Crippen molar-refractivity contribution in [3.8, 4) is 11.3 Å². The summed E-state index contributed by atoms with van der Waals surface area (Å²) in [5.74, 6) is 0.715. The second kappa shape index (κ2) is 7.73. The summed E-state index contributed by atoms with van der Waals surface area (Å²) in [5, 5.41) is 4.10. The van der Waals surface area contributed by atoms with Gasteiger partial charge in [0.25, 0.3) is 0 Å². The molecule has 2 aromatic carbocycles. The van der Waals surface area contributed by atoms with Crippen LogP contribution in [0.5, 0.6) is 0 Å². The van der Waals surface area contributed by atoms with Gasteiger partial charge in [-0.1, -0.05) is 23.7 Å². The molecule has 7 heteroatoms. The molecule has 0 atom stereocenters. The van der Waals surface area contributed by atoms with Gasteiger partial charge in [0.2, 0.25) is 0 Å². The van der Waals surface area contributed by atoms with Crippen LogP contribution in [0.4, 0.5) is 17.2 Å². The third kappa shape index (κ3) is 3.64. The summed E-state index contributed by atoms with van der Waals surface area (Å²) in [6, 6.07) is 16.1. The van der Waals surface area contributed by atoms with Gasteiger partial charge in [0.15, 0.2) is 11.5 Å². The summed E-state index contributed by atoms with van der Waals surface area (Å²) in [5.41, 5.74) is 4.94. The van der Waals surface area contributed by atoms with E-state index in [-0.39, 0.29) is 0 Å². The van der Waals surface area contributed by atoms with Crippen LogP contribution in [0.15, 0.2) is 67.1 Å². The van der Waals surface area contributed by atoms with E-state index in [1.807, 2.05) is 41.1 Å². The number of ether oxygens (including phenoxy) is 1. The minimum Gasteiger partial charge on any atom is -0.378 e. The highest BCUT2D eigenvalue weighted by atomic mass is 35.5. The van der Waals surface area contributed by atoms with Crippen LogP contribution in [0.25, 0.3) is 16.9 Å². The lowest BCUT2D eigenvalue weighted by atomic mass is 10.1. The maximum Gasteiger partial charge on any atom is 0.180 e. The molecule has 6 nitrogen and oxygen atoms in total. The predicted octanol–water partition coefficient (Wildman–Crippen LogP) is 4.63. The van der Waals surface area contributed by atoms with Gasteiger partial charge in [0.05, 0.1) is 25.1 Å². The minimum atomic E-state index is 0.711. The summed E-state index contributed by atoms with van der Waals surface area (Å²) in [7, 11) is 0. The van der Waals surface area contributed by atoms with E-state index in [4.69, 9.17) is 16.3 Å². The van der Waals surface area contributed by atoms with Crippen LogP contribution in [-0.4, -0.2) is 40.7 Å². The SMILES string of the molecule is Clc1ccc(-c2cnc(Nc3ccc(N4CCOCC4)cc3)c3nccn23)cc1. The summed E-state index contributed by atoms with van der Waals surface area (Å²) < 4.78 is 7.45. The second-order valence-electron chi connectivity index (χ2n) is 6.89. The molecule has 0 saturated carbocycles. The van der Waals surface area contributed by atoms with Gasteiger partial charge in [-0.05, 0) is 36.4 Å². The van der Waals surface area contributed by atoms with Gasteiger partial charge in [-0.25, -0.2) is 9.97 Å². The zero-order valence-electron chi connectivity index (χ0n) is 15.8. The van der Waals surface area contributed by atoms with Gasteiger partial charge in [-0.15, -0.1) is 0 Å². The highest BCUT2D eigenvalue weighted by Crippen LogP contribution is 2.27. The Kier molecular flexibility index (Phi) is 4.79. The van der Waals surface area contributed by atoms with E-state index in [1.54, 1.807) is 6.20 Å². The number of hydrogen-bond acceptors (Lipinski definition) is 5. The number of halogens is 1. The van der Waals surface area contributed by atoms with Gasteiger partial charge in [-0.2, -0.15) is 0 Å². The Morgan fingerprint density at radius 1 is 0.931 bits per heavy atom. The van der Waals surface area contributed by atoms with Gasteiger partial charge >= 0.3 is 0 Å². The molecule has 1 saturated heterocycles. The Morgan fingerprint density at radius 2 is 1.69 bits per heavy atom. The summed E-state index contributed by atoms with van der Waals surface area (Å²) >= 11 is 6.02. The maximum atomic E-state index is 6.02. The van der Waals surface area contributed by atoms with E-state index in [9.17, 15) is 0 Å². The van der Waals surface area contributed by atoms with E-state index in [0.717, 1.165) is 48.9 Å². The highest BCUT2D eigenvalue weighted by molar-refractivity contribution is 6.30. The van der Waals surface area contributed by atoms with Crippen LogP contribution >= 0.6 is 11.6 Å². The molecule has 1 aliphatic heterocycles. The molecule has 1 aliphatic rings. The molecule has 1 fully saturated rings. The van der Waals surface area contributed by atoms with Crippen molar-refractivity contribution in [1.29, 1.82) is 0 Å². The molecule has 146 valence electrons.